The molecule has 0 bridgehead atoms. The van der Waals surface area contributed by atoms with Crippen LogP contribution in [0.25, 0.3) is 0 Å². The quantitative estimate of drug-likeness (QED) is 0.206. The number of Topliss-reactive ketones (excluding diaryl/α,β-unsaturated/α-hetero) is 1. The van der Waals surface area contributed by atoms with E-state index in [2.05, 4.69) is 9.89 Å². The van der Waals surface area contributed by atoms with Gasteiger partial charge in [-0.15, -0.1) is 0 Å². The predicted molar refractivity (Wildman–Crippen MR) is 36.5 cm³/mol. The zero-order valence-corrected chi connectivity index (χ0v) is 6.33. The molecule has 5 heteroatoms. The Balaban J connectivity index is 4.43. The number of ether oxygens (including phenoxy) is 1. The summed E-state index contributed by atoms with van der Waals surface area (Å²) in [5.74, 6) is -1.46. The largest absolute Gasteiger partial charge is 0.464 e. The van der Waals surface area contributed by atoms with E-state index in [1.165, 1.54) is 0 Å². The van der Waals surface area contributed by atoms with E-state index in [1.807, 2.05) is 0 Å². The summed E-state index contributed by atoms with van der Waals surface area (Å²) in [4.78, 5) is 21.4. The third-order valence-corrected chi connectivity index (χ3v) is 1.06. The Morgan fingerprint density at radius 1 is 1.55 bits per heavy atom. The van der Waals surface area contributed by atoms with Gasteiger partial charge in [0.2, 0.25) is 5.71 Å². The molecule has 0 unspecified atom stereocenters. The summed E-state index contributed by atoms with van der Waals surface area (Å²) in [6.45, 7) is 1.55. The van der Waals surface area contributed by atoms with Crippen LogP contribution in [-0.4, -0.2) is 29.8 Å². The molecule has 0 aromatic carbocycles. The van der Waals surface area contributed by atoms with Gasteiger partial charge in [0.05, 0.1) is 7.11 Å². The standard InChI is InChI=1S/C6H9NO4/c1-3-4(8)5(7-10)6(9)11-2/h10H,3H2,1-2H3/b7-5-. The topological polar surface area (TPSA) is 76.0 Å². The van der Waals surface area contributed by atoms with Gasteiger partial charge in [-0.3, -0.25) is 4.79 Å². The molecule has 0 fully saturated rings. The summed E-state index contributed by atoms with van der Waals surface area (Å²) in [6, 6.07) is 0. The second kappa shape index (κ2) is 4.43. The van der Waals surface area contributed by atoms with Crippen molar-refractivity contribution in [3.63, 3.8) is 0 Å². The molecule has 0 saturated heterocycles. The predicted octanol–water partition coefficient (Wildman–Crippen LogP) is -0.0313. The number of carbonyl (C=O) groups is 2. The highest BCUT2D eigenvalue weighted by Gasteiger charge is 2.19. The summed E-state index contributed by atoms with van der Waals surface area (Å²) in [7, 11) is 1.11. The van der Waals surface area contributed by atoms with Crippen molar-refractivity contribution >= 4 is 17.5 Å². The first-order valence-corrected chi connectivity index (χ1v) is 3.00. The third kappa shape index (κ3) is 2.37. The van der Waals surface area contributed by atoms with Crippen LogP contribution in [0.4, 0.5) is 0 Å². The van der Waals surface area contributed by atoms with Crippen LogP contribution in [0.1, 0.15) is 13.3 Å². The van der Waals surface area contributed by atoms with E-state index in [0.29, 0.717) is 0 Å². The van der Waals surface area contributed by atoms with Crippen LogP contribution < -0.4 is 0 Å². The molecule has 0 aromatic rings. The first-order chi connectivity index (χ1) is 5.17. The molecule has 11 heavy (non-hydrogen) atoms. The Labute approximate surface area is 63.6 Å². The van der Waals surface area contributed by atoms with Crippen molar-refractivity contribution in [3.8, 4) is 0 Å². The van der Waals surface area contributed by atoms with Gasteiger partial charge in [0, 0.05) is 6.42 Å². The fourth-order valence-corrected chi connectivity index (χ4v) is 0.475. The lowest BCUT2D eigenvalue weighted by molar-refractivity contribution is -0.133. The van der Waals surface area contributed by atoms with Gasteiger partial charge in [0.1, 0.15) is 0 Å². The van der Waals surface area contributed by atoms with E-state index in [0.717, 1.165) is 7.11 Å². The number of oxime groups is 1. The zero-order valence-electron chi connectivity index (χ0n) is 6.33. The summed E-state index contributed by atoms with van der Waals surface area (Å²) in [5.41, 5.74) is -0.560. The van der Waals surface area contributed by atoms with Crippen molar-refractivity contribution in [1.29, 1.82) is 0 Å². The van der Waals surface area contributed by atoms with Crippen LogP contribution in [0.15, 0.2) is 5.16 Å². The number of hydrogen-bond acceptors (Lipinski definition) is 5. The van der Waals surface area contributed by atoms with Gasteiger partial charge in [0.15, 0.2) is 5.78 Å². The van der Waals surface area contributed by atoms with E-state index < -0.39 is 17.5 Å². The van der Waals surface area contributed by atoms with Gasteiger partial charge in [-0.1, -0.05) is 12.1 Å². The molecule has 0 aliphatic rings. The molecule has 0 aliphatic carbocycles. The SMILES string of the molecule is CCC(=O)/C(=N/O)C(=O)OC. The molecule has 5 nitrogen and oxygen atoms in total. The van der Waals surface area contributed by atoms with Gasteiger partial charge < -0.3 is 9.94 Å². The molecule has 1 N–H and O–H groups in total. The number of methoxy groups -OCH3 is 1. The van der Waals surface area contributed by atoms with E-state index in [1.54, 1.807) is 6.92 Å². The Kier molecular flexibility index (Phi) is 3.87. The molecule has 0 radical (unpaired) electrons. The van der Waals surface area contributed by atoms with Crippen molar-refractivity contribution < 1.29 is 19.5 Å². The van der Waals surface area contributed by atoms with Crippen LogP contribution in [0.2, 0.25) is 0 Å². The highest BCUT2D eigenvalue weighted by atomic mass is 16.5. The molecule has 0 spiro atoms. The minimum Gasteiger partial charge on any atom is -0.464 e. The lowest BCUT2D eigenvalue weighted by Gasteiger charge is -1.97. The van der Waals surface area contributed by atoms with Crippen LogP contribution in [0, 0.1) is 0 Å². The Bertz CT molecular complexity index is 179. The second-order valence-electron chi connectivity index (χ2n) is 1.72. The number of ketones is 1. The molecule has 0 aromatic heterocycles. The lowest BCUT2D eigenvalue weighted by atomic mass is 10.2. The van der Waals surface area contributed by atoms with Gasteiger partial charge >= 0.3 is 5.97 Å². The van der Waals surface area contributed by atoms with Crippen LogP contribution >= 0.6 is 0 Å². The number of carbonyl (C=O) groups excluding carboxylic acids is 2. The number of rotatable bonds is 3. The maximum atomic E-state index is 10.8. The van der Waals surface area contributed by atoms with Gasteiger partial charge in [-0.2, -0.15) is 0 Å². The molecular formula is C6H9NO4. The molecule has 0 saturated carbocycles. The first kappa shape index (κ1) is 9.61. The summed E-state index contributed by atoms with van der Waals surface area (Å²) >= 11 is 0. The summed E-state index contributed by atoms with van der Waals surface area (Å²) in [5, 5.41) is 10.7. The average molecular weight is 159 g/mol. The van der Waals surface area contributed by atoms with Crippen LogP contribution in [0.3, 0.4) is 0 Å². The van der Waals surface area contributed by atoms with E-state index in [4.69, 9.17) is 5.21 Å². The minimum absolute atomic E-state index is 0.106. The fraction of sp³-hybridized carbons (Fsp3) is 0.500. The Hall–Kier alpha value is -1.39. The monoisotopic (exact) mass is 159 g/mol. The molecule has 0 heterocycles. The molecule has 0 amide bonds. The van der Waals surface area contributed by atoms with Gasteiger partial charge in [0.25, 0.3) is 0 Å². The first-order valence-electron chi connectivity index (χ1n) is 3.00. The Morgan fingerprint density at radius 2 is 2.09 bits per heavy atom. The Morgan fingerprint density at radius 3 is 2.36 bits per heavy atom. The van der Waals surface area contributed by atoms with Gasteiger partial charge in [-0.25, -0.2) is 4.79 Å². The van der Waals surface area contributed by atoms with Crippen molar-refractivity contribution in [2.75, 3.05) is 7.11 Å². The third-order valence-electron chi connectivity index (χ3n) is 1.06. The second-order valence-corrected chi connectivity index (χ2v) is 1.72. The highest BCUT2D eigenvalue weighted by Crippen LogP contribution is 1.89. The summed E-state index contributed by atoms with van der Waals surface area (Å²) in [6.07, 6.45) is 0.106. The van der Waals surface area contributed by atoms with Crippen molar-refractivity contribution in [2.24, 2.45) is 5.16 Å². The van der Waals surface area contributed by atoms with Crippen LogP contribution in [-0.2, 0) is 14.3 Å². The minimum atomic E-state index is -0.917. The molecule has 62 valence electrons. The van der Waals surface area contributed by atoms with E-state index in [9.17, 15) is 9.59 Å². The molecular weight excluding hydrogens is 150 g/mol. The normalized spacial score (nSPS) is 10.9. The maximum absolute atomic E-state index is 10.8. The number of esters is 1. The number of nitrogens with zero attached hydrogens (tertiary/aromatic N) is 1. The summed E-state index contributed by atoms with van der Waals surface area (Å²) < 4.78 is 4.18. The molecule has 0 rings (SSSR count). The molecule has 0 atom stereocenters. The lowest BCUT2D eigenvalue weighted by Crippen LogP contribution is -2.24. The fourth-order valence-electron chi connectivity index (χ4n) is 0.475. The van der Waals surface area contributed by atoms with E-state index >= 15 is 0 Å². The smallest absolute Gasteiger partial charge is 0.363 e. The van der Waals surface area contributed by atoms with Crippen molar-refractivity contribution in [3.05, 3.63) is 0 Å². The highest BCUT2D eigenvalue weighted by molar-refractivity contribution is 6.64. The van der Waals surface area contributed by atoms with Gasteiger partial charge in [-0.05, 0) is 0 Å². The van der Waals surface area contributed by atoms with Crippen LogP contribution in [0.5, 0.6) is 0 Å². The van der Waals surface area contributed by atoms with Crippen molar-refractivity contribution in [2.45, 2.75) is 13.3 Å². The van der Waals surface area contributed by atoms with E-state index in [-0.39, 0.29) is 6.42 Å². The maximum Gasteiger partial charge on any atom is 0.363 e. The van der Waals surface area contributed by atoms with Crippen molar-refractivity contribution in [1.82, 2.24) is 0 Å². The average Bonchev–Trinajstić information content (AvgIpc) is 2.05. The number of hydrogen-bond donors (Lipinski definition) is 1. The zero-order chi connectivity index (χ0) is 8.85. The molecule has 0 aliphatic heterocycles.